The van der Waals surface area contributed by atoms with E-state index in [0.717, 1.165) is 24.7 Å². The molecule has 15 heavy (non-hydrogen) atoms. The summed E-state index contributed by atoms with van der Waals surface area (Å²) in [7, 11) is 0. The SMILES string of the molecule is CC(=O)[C@@H](N)CC[C@H](C)CCC1CCC1. The normalized spacial score (nSPS) is 20.7. The minimum atomic E-state index is -0.226. The van der Waals surface area contributed by atoms with Gasteiger partial charge >= 0.3 is 0 Å². The Kier molecular flexibility index (Phi) is 5.30. The highest BCUT2D eigenvalue weighted by Crippen LogP contribution is 2.32. The Morgan fingerprint density at radius 1 is 1.33 bits per heavy atom. The van der Waals surface area contributed by atoms with Gasteiger partial charge in [-0.25, -0.2) is 0 Å². The summed E-state index contributed by atoms with van der Waals surface area (Å²) in [5.41, 5.74) is 5.71. The van der Waals surface area contributed by atoms with Gasteiger partial charge in [0, 0.05) is 0 Å². The van der Waals surface area contributed by atoms with Crippen molar-refractivity contribution in [2.24, 2.45) is 17.6 Å². The Bertz CT molecular complexity index is 199. The Balaban J connectivity index is 2.01. The van der Waals surface area contributed by atoms with Crippen LogP contribution in [-0.4, -0.2) is 11.8 Å². The zero-order chi connectivity index (χ0) is 11.3. The summed E-state index contributed by atoms with van der Waals surface area (Å²) >= 11 is 0. The molecule has 2 atom stereocenters. The van der Waals surface area contributed by atoms with Gasteiger partial charge in [0.05, 0.1) is 6.04 Å². The van der Waals surface area contributed by atoms with Gasteiger partial charge in [0.25, 0.3) is 0 Å². The van der Waals surface area contributed by atoms with Gasteiger partial charge in [0.1, 0.15) is 5.78 Å². The smallest absolute Gasteiger partial charge is 0.146 e. The molecule has 1 saturated carbocycles. The predicted molar refractivity (Wildman–Crippen MR) is 63.6 cm³/mol. The number of hydrogen-bond donors (Lipinski definition) is 1. The van der Waals surface area contributed by atoms with Crippen molar-refractivity contribution in [1.82, 2.24) is 0 Å². The largest absolute Gasteiger partial charge is 0.322 e. The highest BCUT2D eigenvalue weighted by Gasteiger charge is 2.18. The first kappa shape index (κ1) is 12.7. The van der Waals surface area contributed by atoms with Crippen molar-refractivity contribution in [3.63, 3.8) is 0 Å². The van der Waals surface area contributed by atoms with Gasteiger partial charge in [0.2, 0.25) is 0 Å². The number of nitrogens with two attached hydrogens (primary N) is 1. The van der Waals surface area contributed by atoms with Gasteiger partial charge < -0.3 is 5.73 Å². The lowest BCUT2D eigenvalue weighted by molar-refractivity contribution is -0.118. The zero-order valence-corrected chi connectivity index (χ0v) is 10.2. The number of carbonyl (C=O) groups excluding carboxylic acids is 1. The molecule has 0 aromatic carbocycles. The summed E-state index contributed by atoms with van der Waals surface area (Å²) in [4.78, 5) is 11.0. The van der Waals surface area contributed by atoms with Crippen LogP contribution in [0.3, 0.4) is 0 Å². The van der Waals surface area contributed by atoms with Gasteiger partial charge in [-0.2, -0.15) is 0 Å². The third-order valence-electron chi connectivity index (χ3n) is 3.79. The predicted octanol–water partition coefficient (Wildman–Crippen LogP) is 2.90. The van der Waals surface area contributed by atoms with Crippen LogP contribution in [0.1, 0.15) is 58.8 Å². The fourth-order valence-electron chi connectivity index (χ4n) is 2.11. The molecule has 1 aliphatic rings. The standard InChI is InChI=1S/C13H25NO/c1-10(6-8-12-4-3-5-12)7-9-13(14)11(2)15/h10,12-13H,3-9,14H2,1-2H3/t10-,13+/m1/s1. The molecule has 2 nitrogen and oxygen atoms in total. The first-order chi connectivity index (χ1) is 7.09. The molecule has 0 aromatic rings. The number of rotatable bonds is 7. The maximum absolute atomic E-state index is 11.0. The number of carbonyl (C=O) groups is 1. The third-order valence-corrected chi connectivity index (χ3v) is 3.79. The molecule has 0 bridgehead atoms. The molecular formula is C13H25NO. The molecule has 0 unspecified atom stereocenters. The molecule has 0 aromatic heterocycles. The molecule has 0 radical (unpaired) electrons. The van der Waals surface area contributed by atoms with E-state index in [9.17, 15) is 4.79 Å². The number of ketones is 1. The molecule has 2 heteroatoms. The highest BCUT2D eigenvalue weighted by molar-refractivity contribution is 5.80. The minimum absolute atomic E-state index is 0.126. The fraction of sp³-hybridized carbons (Fsp3) is 0.923. The van der Waals surface area contributed by atoms with Crippen LogP contribution >= 0.6 is 0 Å². The van der Waals surface area contributed by atoms with Crippen molar-refractivity contribution < 1.29 is 4.79 Å². The van der Waals surface area contributed by atoms with Crippen molar-refractivity contribution in [2.45, 2.75) is 64.8 Å². The van der Waals surface area contributed by atoms with E-state index in [1.807, 2.05) is 0 Å². The number of hydrogen-bond acceptors (Lipinski definition) is 2. The average molecular weight is 211 g/mol. The summed E-state index contributed by atoms with van der Waals surface area (Å²) in [5, 5.41) is 0. The lowest BCUT2D eigenvalue weighted by Crippen LogP contribution is -2.28. The lowest BCUT2D eigenvalue weighted by Gasteiger charge is -2.26. The molecule has 0 aliphatic heterocycles. The van der Waals surface area contributed by atoms with E-state index in [1.165, 1.54) is 32.1 Å². The molecule has 1 rings (SSSR count). The summed E-state index contributed by atoms with van der Waals surface area (Å²) in [6, 6.07) is -0.226. The zero-order valence-electron chi connectivity index (χ0n) is 10.2. The second-order valence-electron chi connectivity index (χ2n) is 5.27. The van der Waals surface area contributed by atoms with Crippen LogP contribution < -0.4 is 5.73 Å². The Morgan fingerprint density at radius 2 is 2.00 bits per heavy atom. The van der Waals surface area contributed by atoms with Gasteiger partial charge in [-0.15, -0.1) is 0 Å². The van der Waals surface area contributed by atoms with Gasteiger partial charge in [-0.05, 0) is 31.6 Å². The molecule has 0 heterocycles. The molecule has 0 saturated heterocycles. The van der Waals surface area contributed by atoms with Crippen LogP contribution in [0.2, 0.25) is 0 Å². The summed E-state index contributed by atoms with van der Waals surface area (Å²) in [6.45, 7) is 3.87. The quantitative estimate of drug-likeness (QED) is 0.703. The van der Waals surface area contributed by atoms with Crippen LogP contribution in [0, 0.1) is 11.8 Å². The first-order valence-corrected chi connectivity index (χ1v) is 6.35. The van der Waals surface area contributed by atoms with Crippen LogP contribution in [0.4, 0.5) is 0 Å². The monoisotopic (exact) mass is 211 g/mol. The van der Waals surface area contributed by atoms with Crippen molar-refractivity contribution in [2.75, 3.05) is 0 Å². The Hall–Kier alpha value is -0.370. The third kappa shape index (κ3) is 4.78. The molecule has 0 spiro atoms. The summed E-state index contributed by atoms with van der Waals surface area (Å²) in [5.74, 6) is 1.87. The van der Waals surface area contributed by atoms with Crippen molar-refractivity contribution >= 4 is 5.78 Å². The molecule has 0 amide bonds. The van der Waals surface area contributed by atoms with Crippen LogP contribution in [-0.2, 0) is 4.79 Å². The van der Waals surface area contributed by atoms with Crippen molar-refractivity contribution in [3.8, 4) is 0 Å². The van der Waals surface area contributed by atoms with Gasteiger partial charge in [-0.1, -0.05) is 39.0 Å². The molecule has 1 aliphatic carbocycles. The molecular weight excluding hydrogens is 186 g/mol. The average Bonchev–Trinajstić information content (AvgIpc) is 2.11. The lowest BCUT2D eigenvalue weighted by atomic mass is 9.80. The van der Waals surface area contributed by atoms with E-state index in [4.69, 9.17) is 5.73 Å². The Labute approximate surface area is 93.6 Å². The van der Waals surface area contributed by atoms with E-state index in [0.29, 0.717) is 0 Å². The maximum atomic E-state index is 11.0. The first-order valence-electron chi connectivity index (χ1n) is 6.35. The van der Waals surface area contributed by atoms with Crippen LogP contribution in [0.25, 0.3) is 0 Å². The van der Waals surface area contributed by atoms with E-state index < -0.39 is 0 Å². The second kappa shape index (κ2) is 6.26. The highest BCUT2D eigenvalue weighted by atomic mass is 16.1. The van der Waals surface area contributed by atoms with Crippen molar-refractivity contribution in [1.29, 1.82) is 0 Å². The molecule has 1 fully saturated rings. The van der Waals surface area contributed by atoms with E-state index in [1.54, 1.807) is 6.92 Å². The second-order valence-corrected chi connectivity index (χ2v) is 5.27. The van der Waals surface area contributed by atoms with Crippen molar-refractivity contribution in [3.05, 3.63) is 0 Å². The number of Topliss-reactive ketones (excluding diaryl/α,β-unsaturated/α-hetero) is 1. The Morgan fingerprint density at radius 3 is 2.47 bits per heavy atom. The van der Waals surface area contributed by atoms with E-state index >= 15 is 0 Å². The van der Waals surface area contributed by atoms with Gasteiger partial charge in [-0.3, -0.25) is 4.79 Å². The van der Waals surface area contributed by atoms with Crippen LogP contribution in [0.15, 0.2) is 0 Å². The minimum Gasteiger partial charge on any atom is -0.322 e. The summed E-state index contributed by atoms with van der Waals surface area (Å²) in [6.07, 6.45) is 8.99. The van der Waals surface area contributed by atoms with E-state index in [-0.39, 0.29) is 11.8 Å². The van der Waals surface area contributed by atoms with Gasteiger partial charge in [0.15, 0.2) is 0 Å². The fourth-order valence-corrected chi connectivity index (χ4v) is 2.11. The molecule has 2 N–H and O–H groups in total. The topological polar surface area (TPSA) is 43.1 Å². The maximum Gasteiger partial charge on any atom is 0.146 e. The molecule has 88 valence electrons. The van der Waals surface area contributed by atoms with E-state index in [2.05, 4.69) is 6.92 Å². The summed E-state index contributed by atoms with van der Waals surface area (Å²) < 4.78 is 0. The van der Waals surface area contributed by atoms with Crippen LogP contribution in [0.5, 0.6) is 0 Å².